The quantitative estimate of drug-likeness (QED) is 0.793. The van der Waals surface area contributed by atoms with Gasteiger partial charge in [-0.1, -0.05) is 19.8 Å². The lowest BCUT2D eigenvalue weighted by molar-refractivity contribution is 0.0947. The number of hydrogen-bond donors (Lipinski definition) is 1. The van der Waals surface area contributed by atoms with Crippen molar-refractivity contribution in [3.8, 4) is 0 Å². The number of hydrogen-bond acceptors (Lipinski definition) is 5. The highest BCUT2D eigenvalue weighted by molar-refractivity contribution is 5.91. The molecule has 0 saturated carbocycles. The molecular formula is C14H22N4O2. The Bertz CT molecular complexity index is 416. The van der Waals surface area contributed by atoms with E-state index < -0.39 is 0 Å². The molecule has 1 aliphatic heterocycles. The fourth-order valence-electron chi connectivity index (χ4n) is 2.06. The summed E-state index contributed by atoms with van der Waals surface area (Å²) in [5.74, 6) is 0.651. The van der Waals surface area contributed by atoms with Crippen LogP contribution in [0, 0.1) is 0 Å². The highest BCUT2D eigenvalue weighted by Gasteiger charge is 2.14. The number of anilines is 1. The fourth-order valence-corrected chi connectivity index (χ4v) is 2.06. The summed E-state index contributed by atoms with van der Waals surface area (Å²) in [5.41, 5.74) is 0.374. The summed E-state index contributed by atoms with van der Waals surface area (Å²) in [6, 6.07) is 0. The summed E-state index contributed by atoms with van der Waals surface area (Å²) in [6.07, 6.45) is 6.47. The Hall–Kier alpha value is -1.69. The zero-order valence-electron chi connectivity index (χ0n) is 12.0. The van der Waals surface area contributed by atoms with E-state index in [0.717, 1.165) is 38.2 Å². The van der Waals surface area contributed by atoms with Crippen LogP contribution in [0.3, 0.4) is 0 Å². The van der Waals surface area contributed by atoms with E-state index in [1.807, 2.05) is 0 Å². The second-order valence-corrected chi connectivity index (χ2v) is 4.82. The van der Waals surface area contributed by atoms with Crippen molar-refractivity contribution in [3.05, 3.63) is 18.1 Å². The molecule has 1 aromatic heterocycles. The van der Waals surface area contributed by atoms with E-state index in [0.29, 0.717) is 25.5 Å². The summed E-state index contributed by atoms with van der Waals surface area (Å²) in [4.78, 5) is 22.5. The molecule has 0 unspecified atom stereocenters. The van der Waals surface area contributed by atoms with Crippen molar-refractivity contribution >= 4 is 11.7 Å². The Balaban J connectivity index is 1.85. The Labute approximate surface area is 119 Å². The third-order valence-corrected chi connectivity index (χ3v) is 3.27. The van der Waals surface area contributed by atoms with Crippen LogP contribution in [0.2, 0.25) is 0 Å². The molecule has 2 rings (SSSR count). The van der Waals surface area contributed by atoms with E-state index in [1.165, 1.54) is 0 Å². The zero-order valence-corrected chi connectivity index (χ0v) is 12.0. The Kier molecular flexibility index (Phi) is 5.73. The van der Waals surface area contributed by atoms with Gasteiger partial charge in [0, 0.05) is 19.6 Å². The van der Waals surface area contributed by atoms with Crippen LogP contribution in [0.4, 0.5) is 5.82 Å². The lowest BCUT2D eigenvalue weighted by atomic mass is 10.2. The van der Waals surface area contributed by atoms with Gasteiger partial charge in [0.15, 0.2) is 0 Å². The van der Waals surface area contributed by atoms with Crippen LogP contribution in [-0.4, -0.2) is 48.7 Å². The standard InChI is InChI=1S/C14H22N4O2/c1-2-3-4-5-15-14(19)12-10-17-13(11-16-12)18-6-8-20-9-7-18/h10-11H,2-9H2,1H3,(H,15,19). The normalized spacial score (nSPS) is 15.2. The maximum absolute atomic E-state index is 11.8. The van der Waals surface area contributed by atoms with E-state index >= 15 is 0 Å². The van der Waals surface area contributed by atoms with Crippen LogP contribution >= 0.6 is 0 Å². The minimum Gasteiger partial charge on any atom is -0.378 e. The van der Waals surface area contributed by atoms with Gasteiger partial charge < -0.3 is 15.0 Å². The summed E-state index contributed by atoms with van der Waals surface area (Å²) in [5, 5.41) is 2.86. The van der Waals surface area contributed by atoms with Crippen molar-refractivity contribution in [2.24, 2.45) is 0 Å². The molecule has 1 amide bonds. The zero-order chi connectivity index (χ0) is 14.2. The molecule has 0 aromatic carbocycles. The average Bonchev–Trinajstić information content (AvgIpc) is 2.52. The van der Waals surface area contributed by atoms with E-state index in [-0.39, 0.29) is 5.91 Å². The SMILES string of the molecule is CCCCCNC(=O)c1cnc(N2CCOCC2)cn1. The second-order valence-electron chi connectivity index (χ2n) is 4.82. The molecule has 1 aromatic rings. The van der Waals surface area contributed by atoms with Crippen molar-refractivity contribution in [3.63, 3.8) is 0 Å². The molecule has 6 nitrogen and oxygen atoms in total. The molecule has 6 heteroatoms. The van der Waals surface area contributed by atoms with Gasteiger partial charge >= 0.3 is 0 Å². The first kappa shape index (κ1) is 14.7. The number of aromatic nitrogens is 2. The molecule has 0 bridgehead atoms. The molecule has 0 spiro atoms. The third-order valence-electron chi connectivity index (χ3n) is 3.27. The smallest absolute Gasteiger partial charge is 0.271 e. The predicted octanol–water partition coefficient (Wildman–Crippen LogP) is 1.23. The van der Waals surface area contributed by atoms with Crippen LogP contribution in [0.15, 0.2) is 12.4 Å². The van der Waals surface area contributed by atoms with Gasteiger partial charge in [-0.2, -0.15) is 0 Å². The molecule has 0 atom stereocenters. The largest absolute Gasteiger partial charge is 0.378 e. The monoisotopic (exact) mass is 278 g/mol. The number of rotatable bonds is 6. The van der Waals surface area contributed by atoms with Gasteiger partial charge in [0.05, 0.1) is 25.6 Å². The first-order valence-electron chi connectivity index (χ1n) is 7.24. The van der Waals surface area contributed by atoms with Crippen LogP contribution in [-0.2, 0) is 4.74 Å². The van der Waals surface area contributed by atoms with Gasteiger partial charge in [0.25, 0.3) is 5.91 Å². The number of ether oxygens (including phenoxy) is 1. The first-order valence-corrected chi connectivity index (χ1v) is 7.24. The minimum absolute atomic E-state index is 0.151. The second kappa shape index (κ2) is 7.79. The van der Waals surface area contributed by atoms with Crippen LogP contribution in [0.1, 0.15) is 36.7 Å². The van der Waals surface area contributed by atoms with Crippen molar-refractivity contribution < 1.29 is 9.53 Å². The van der Waals surface area contributed by atoms with Gasteiger partial charge in [-0.3, -0.25) is 4.79 Å². The van der Waals surface area contributed by atoms with Gasteiger partial charge in [0.1, 0.15) is 11.5 Å². The highest BCUT2D eigenvalue weighted by Crippen LogP contribution is 2.10. The average molecular weight is 278 g/mol. The minimum atomic E-state index is -0.151. The van der Waals surface area contributed by atoms with E-state index in [1.54, 1.807) is 12.4 Å². The first-order chi connectivity index (χ1) is 9.81. The molecule has 1 fully saturated rings. The summed E-state index contributed by atoms with van der Waals surface area (Å²) in [7, 11) is 0. The van der Waals surface area contributed by atoms with E-state index in [2.05, 4.69) is 27.1 Å². The van der Waals surface area contributed by atoms with Crippen LogP contribution in [0.5, 0.6) is 0 Å². The molecule has 1 N–H and O–H groups in total. The predicted molar refractivity (Wildman–Crippen MR) is 76.9 cm³/mol. The molecule has 0 radical (unpaired) electrons. The van der Waals surface area contributed by atoms with Crippen LogP contribution in [0.25, 0.3) is 0 Å². The molecule has 0 aliphatic carbocycles. The number of unbranched alkanes of at least 4 members (excludes halogenated alkanes) is 2. The molecule has 1 aliphatic rings. The summed E-state index contributed by atoms with van der Waals surface area (Å²) in [6.45, 7) is 5.88. The number of carbonyl (C=O) groups is 1. The summed E-state index contributed by atoms with van der Waals surface area (Å²) >= 11 is 0. The summed E-state index contributed by atoms with van der Waals surface area (Å²) < 4.78 is 5.29. The van der Waals surface area contributed by atoms with Gasteiger partial charge in [-0.25, -0.2) is 9.97 Å². The third kappa shape index (κ3) is 4.16. The fraction of sp³-hybridized carbons (Fsp3) is 0.643. The van der Waals surface area contributed by atoms with Crippen molar-refractivity contribution in [1.82, 2.24) is 15.3 Å². The Morgan fingerprint density at radius 1 is 1.30 bits per heavy atom. The number of nitrogens with zero attached hydrogens (tertiary/aromatic N) is 3. The lowest BCUT2D eigenvalue weighted by Gasteiger charge is -2.27. The van der Waals surface area contributed by atoms with E-state index in [9.17, 15) is 4.79 Å². The number of morpholine rings is 1. The topological polar surface area (TPSA) is 67.4 Å². The number of nitrogens with one attached hydrogen (secondary N) is 1. The van der Waals surface area contributed by atoms with Crippen molar-refractivity contribution in [2.45, 2.75) is 26.2 Å². The maximum atomic E-state index is 11.8. The molecule has 20 heavy (non-hydrogen) atoms. The Morgan fingerprint density at radius 2 is 2.10 bits per heavy atom. The molecule has 1 saturated heterocycles. The van der Waals surface area contributed by atoms with Crippen molar-refractivity contribution in [1.29, 1.82) is 0 Å². The highest BCUT2D eigenvalue weighted by atomic mass is 16.5. The molecule has 110 valence electrons. The van der Waals surface area contributed by atoms with Gasteiger partial charge in [-0.15, -0.1) is 0 Å². The maximum Gasteiger partial charge on any atom is 0.271 e. The van der Waals surface area contributed by atoms with E-state index in [4.69, 9.17) is 4.74 Å². The number of carbonyl (C=O) groups excluding carboxylic acids is 1. The Morgan fingerprint density at radius 3 is 2.75 bits per heavy atom. The molecular weight excluding hydrogens is 256 g/mol. The van der Waals surface area contributed by atoms with Crippen molar-refractivity contribution in [2.75, 3.05) is 37.7 Å². The van der Waals surface area contributed by atoms with Gasteiger partial charge in [0.2, 0.25) is 0 Å². The van der Waals surface area contributed by atoms with Crippen LogP contribution < -0.4 is 10.2 Å². The lowest BCUT2D eigenvalue weighted by Crippen LogP contribution is -2.37. The molecule has 2 heterocycles. The van der Waals surface area contributed by atoms with Gasteiger partial charge in [-0.05, 0) is 6.42 Å². The number of amides is 1.